The first-order valence-corrected chi connectivity index (χ1v) is 8.00. The summed E-state index contributed by atoms with van der Waals surface area (Å²) in [6.07, 6.45) is 4.23. The Bertz CT molecular complexity index is 662. The number of rotatable bonds is 3. The molecular weight excluding hydrogens is 302 g/mol. The minimum atomic E-state index is 0.537. The van der Waals surface area contributed by atoms with Gasteiger partial charge in [-0.3, -0.25) is 4.90 Å². The van der Waals surface area contributed by atoms with Gasteiger partial charge in [-0.1, -0.05) is 18.5 Å². The summed E-state index contributed by atoms with van der Waals surface area (Å²) in [7, 11) is 0. The molecule has 0 aromatic carbocycles. The zero-order chi connectivity index (χ0) is 15.1. The van der Waals surface area contributed by atoms with E-state index in [2.05, 4.69) is 41.5 Å². The second-order valence-electron chi connectivity index (χ2n) is 5.77. The lowest BCUT2D eigenvalue weighted by Crippen LogP contribution is -2.61. The highest BCUT2D eigenvalue weighted by atomic mass is 35.5. The molecule has 0 bridgehead atoms. The second-order valence-corrected chi connectivity index (χ2v) is 6.20. The molecule has 7 nitrogen and oxygen atoms in total. The molecule has 0 radical (unpaired) electrons. The highest BCUT2D eigenvalue weighted by Crippen LogP contribution is 2.24. The van der Waals surface area contributed by atoms with Gasteiger partial charge in [-0.15, -0.1) is 10.2 Å². The fourth-order valence-electron chi connectivity index (χ4n) is 3.13. The number of aryl methyl sites for hydroxylation is 1. The lowest BCUT2D eigenvalue weighted by Gasteiger charge is -2.46. The fourth-order valence-corrected chi connectivity index (χ4v) is 3.23. The van der Waals surface area contributed by atoms with Crippen molar-refractivity contribution in [2.75, 3.05) is 24.5 Å². The number of anilines is 1. The van der Waals surface area contributed by atoms with Crippen molar-refractivity contribution in [3.8, 4) is 0 Å². The largest absolute Gasteiger partial charge is 0.338 e. The monoisotopic (exact) mass is 319 g/mol. The summed E-state index contributed by atoms with van der Waals surface area (Å²) in [6.45, 7) is 6.96. The predicted molar refractivity (Wildman–Crippen MR) is 82.9 cm³/mol. The summed E-state index contributed by atoms with van der Waals surface area (Å²) in [5, 5.41) is 9.16. The van der Waals surface area contributed by atoms with E-state index in [-0.39, 0.29) is 0 Å². The molecule has 0 unspecified atom stereocenters. The molecule has 4 rings (SSSR count). The van der Waals surface area contributed by atoms with Crippen LogP contribution in [-0.2, 0) is 19.5 Å². The van der Waals surface area contributed by atoms with Crippen molar-refractivity contribution in [3.63, 3.8) is 0 Å². The first-order chi connectivity index (χ1) is 10.7. The van der Waals surface area contributed by atoms with Gasteiger partial charge in [-0.05, 0) is 0 Å². The van der Waals surface area contributed by atoms with E-state index in [1.165, 1.54) is 0 Å². The Labute approximate surface area is 133 Å². The third kappa shape index (κ3) is 2.34. The number of hydrogen-bond donors (Lipinski definition) is 0. The molecule has 2 aliphatic heterocycles. The molecule has 0 saturated carbocycles. The van der Waals surface area contributed by atoms with Gasteiger partial charge in [0.1, 0.15) is 11.6 Å². The zero-order valence-corrected chi connectivity index (χ0v) is 13.2. The molecular formula is C14H18ClN7. The summed E-state index contributed by atoms with van der Waals surface area (Å²) in [5.74, 6) is 2.94. The van der Waals surface area contributed by atoms with E-state index in [1.54, 1.807) is 12.4 Å². The van der Waals surface area contributed by atoms with Crippen LogP contribution in [0.25, 0.3) is 0 Å². The van der Waals surface area contributed by atoms with Crippen LogP contribution >= 0.6 is 11.6 Å². The van der Waals surface area contributed by atoms with Crippen LogP contribution in [0.1, 0.15) is 18.6 Å². The molecule has 22 heavy (non-hydrogen) atoms. The number of nitrogens with zero attached hydrogens (tertiary/aromatic N) is 7. The van der Waals surface area contributed by atoms with E-state index in [0.717, 1.165) is 56.7 Å². The Hall–Kier alpha value is -1.73. The van der Waals surface area contributed by atoms with Gasteiger partial charge in [-0.2, -0.15) is 0 Å². The number of aromatic nitrogens is 5. The maximum Gasteiger partial charge on any atom is 0.225 e. The van der Waals surface area contributed by atoms with E-state index in [9.17, 15) is 0 Å². The molecule has 1 fully saturated rings. The standard InChI is InChI=1S/C14H18ClN7/c1-2-12-18-19-13-9-20(3-4-22(12)13)11-7-21(8-11)14-16-5-10(15)6-17-14/h5-6,11H,2-4,7-9H2,1H3. The molecule has 1 saturated heterocycles. The molecule has 0 atom stereocenters. The Kier molecular flexibility index (Phi) is 3.46. The van der Waals surface area contributed by atoms with E-state index in [1.807, 2.05) is 0 Å². The summed E-state index contributed by atoms with van der Waals surface area (Å²) >= 11 is 5.82. The zero-order valence-electron chi connectivity index (χ0n) is 12.5. The van der Waals surface area contributed by atoms with Crippen LogP contribution in [0.2, 0.25) is 5.02 Å². The van der Waals surface area contributed by atoms with E-state index in [0.29, 0.717) is 11.1 Å². The maximum absolute atomic E-state index is 5.82. The lowest BCUT2D eigenvalue weighted by molar-refractivity contribution is 0.127. The molecule has 116 valence electrons. The predicted octanol–water partition coefficient (Wildman–Crippen LogP) is 0.988. The van der Waals surface area contributed by atoms with Crippen LogP contribution in [0.5, 0.6) is 0 Å². The van der Waals surface area contributed by atoms with Gasteiger partial charge in [0.2, 0.25) is 5.95 Å². The lowest BCUT2D eigenvalue weighted by atomic mass is 10.1. The molecule has 0 aliphatic carbocycles. The summed E-state index contributed by atoms with van der Waals surface area (Å²) in [4.78, 5) is 13.2. The highest BCUT2D eigenvalue weighted by molar-refractivity contribution is 6.30. The first kappa shape index (κ1) is 13.9. The van der Waals surface area contributed by atoms with Crippen LogP contribution in [0.3, 0.4) is 0 Å². The Morgan fingerprint density at radius 1 is 1.18 bits per heavy atom. The van der Waals surface area contributed by atoms with Gasteiger partial charge < -0.3 is 9.47 Å². The van der Waals surface area contributed by atoms with E-state index >= 15 is 0 Å². The van der Waals surface area contributed by atoms with Crippen molar-refractivity contribution in [1.82, 2.24) is 29.6 Å². The van der Waals surface area contributed by atoms with Gasteiger partial charge >= 0.3 is 0 Å². The normalized spacial score (nSPS) is 19.1. The number of hydrogen-bond acceptors (Lipinski definition) is 6. The van der Waals surface area contributed by atoms with Crippen molar-refractivity contribution in [2.24, 2.45) is 0 Å². The van der Waals surface area contributed by atoms with Crippen molar-refractivity contribution >= 4 is 17.5 Å². The van der Waals surface area contributed by atoms with Crippen molar-refractivity contribution in [1.29, 1.82) is 0 Å². The van der Waals surface area contributed by atoms with E-state index < -0.39 is 0 Å². The third-order valence-electron chi connectivity index (χ3n) is 4.44. The smallest absolute Gasteiger partial charge is 0.225 e. The van der Waals surface area contributed by atoms with Gasteiger partial charge in [0.15, 0.2) is 0 Å². The van der Waals surface area contributed by atoms with E-state index in [4.69, 9.17) is 11.6 Å². The molecule has 2 aromatic rings. The highest BCUT2D eigenvalue weighted by Gasteiger charge is 2.35. The van der Waals surface area contributed by atoms with Crippen LogP contribution < -0.4 is 4.90 Å². The SMILES string of the molecule is CCc1nnc2n1CCN(C1CN(c3ncc(Cl)cn3)C1)C2. The Balaban J connectivity index is 1.38. The fraction of sp³-hybridized carbons (Fsp3) is 0.571. The average Bonchev–Trinajstić information content (AvgIpc) is 2.90. The summed E-state index contributed by atoms with van der Waals surface area (Å²) in [5.41, 5.74) is 0. The topological polar surface area (TPSA) is 63.0 Å². The maximum atomic E-state index is 5.82. The minimum absolute atomic E-state index is 0.537. The molecule has 0 N–H and O–H groups in total. The summed E-state index contributed by atoms with van der Waals surface area (Å²) < 4.78 is 2.26. The molecule has 4 heterocycles. The Morgan fingerprint density at radius 2 is 1.95 bits per heavy atom. The van der Waals surface area contributed by atoms with Gasteiger partial charge in [0.25, 0.3) is 0 Å². The van der Waals surface area contributed by atoms with Gasteiger partial charge in [-0.25, -0.2) is 9.97 Å². The molecule has 2 aromatic heterocycles. The van der Waals surface area contributed by atoms with Gasteiger partial charge in [0, 0.05) is 38.6 Å². The van der Waals surface area contributed by atoms with Crippen LogP contribution in [0.4, 0.5) is 5.95 Å². The summed E-state index contributed by atoms with van der Waals surface area (Å²) in [6, 6.07) is 0.537. The molecule has 0 amide bonds. The van der Waals surface area contributed by atoms with Crippen molar-refractivity contribution < 1.29 is 0 Å². The third-order valence-corrected chi connectivity index (χ3v) is 4.64. The molecule has 8 heteroatoms. The molecule has 0 spiro atoms. The van der Waals surface area contributed by atoms with Crippen LogP contribution in [0.15, 0.2) is 12.4 Å². The Morgan fingerprint density at radius 3 is 2.68 bits per heavy atom. The minimum Gasteiger partial charge on any atom is -0.338 e. The van der Waals surface area contributed by atoms with Crippen LogP contribution in [0, 0.1) is 0 Å². The number of halogens is 1. The van der Waals surface area contributed by atoms with Gasteiger partial charge in [0.05, 0.1) is 24.0 Å². The van der Waals surface area contributed by atoms with Crippen LogP contribution in [-0.4, -0.2) is 55.3 Å². The van der Waals surface area contributed by atoms with Crippen molar-refractivity contribution in [3.05, 3.63) is 29.1 Å². The number of fused-ring (bicyclic) bond motifs is 1. The quantitative estimate of drug-likeness (QED) is 0.840. The average molecular weight is 320 g/mol. The molecule has 2 aliphatic rings. The van der Waals surface area contributed by atoms with Crippen molar-refractivity contribution in [2.45, 2.75) is 32.5 Å². The first-order valence-electron chi connectivity index (χ1n) is 7.62. The second kappa shape index (κ2) is 5.48.